The molecule has 1 aromatic carbocycles. The van der Waals surface area contributed by atoms with Gasteiger partial charge in [0.15, 0.2) is 11.6 Å². The molecule has 0 spiro atoms. The van der Waals surface area contributed by atoms with E-state index in [-0.39, 0.29) is 6.04 Å². The fourth-order valence-electron chi connectivity index (χ4n) is 5.10. The van der Waals surface area contributed by atoms with Gasteiger partial charge in [-0.3, -0.25) is 4.99 Å². The minimum atomic E-state index is 0.244. The van der Waals surface area contributed by atoms with E-state index in [0.717, 1.165) is 58.4 Å². The van der Waals surface area contributed by atoms with E-state index < -0.39 is 0 Å². The van der Waals surface area contributed by atoms with Crippen LogP contribution in [0.3, 0.4) is 0 Å². The van der Waals surface area contributed by atoms with Crippen molar-refractivity contribution >= 4 is 29.1 Å². The number of fused-ring (bicyclic) bond motifs is 1. The summed E-state index contributed by atoms with van der Waals surface area (Å²) in [6.07, 6.45) is 8.31. The largest absolute Gasteiger partial charge is 0.480 e. The zero-order valence-electron chi connectivity index (χ0n) is 22.4. The van der Waals surface area contributed by atoms with Crippen LogP contribution in [0.2, 0.25) is 0 Å². The Balaban J connectivity index is 1.42. The van der Waals surface area contributed by atoms with Crippen LogP contribution in [0.1, 0.15) is 55.5 Å². The number of anilines is 2. The van der Waals surface area contributed by atoms with E-state index in [1.165, 1.54) is 17.7 Å². The van der Waals surface area contributed by atoms with Crippen LogP contribution in [-0.4, -0.2) is 45.2 Å². The monoisotopic (exact) mass is 527 g/mol. The van der Waals surface area contributed by atoms with Gasteiger partial charge in [-0.05, 0) is 69.4 Å². The highest BCUT2D eigenvalue weighted by Gasteiger charge is 2.39. The number of aryl methyl sites for hydroxylation is 1. The molecule has 1 N–H and O–H groups in total. The molecule has 0 bridgehead atoms. The maximum absolute atomic E-state index is 5.65. The average molecular weight is 528 g/mol. The standard InChI is InChI=1S/C29H33N7OS/c1-16-24-28(35-27(33-16)23-25(21-10-11-21)31-15-32-29(23)37-4)36(17(2)20-8-9-20)18(3)26(34-24)30-14-19-6-12-22(38-5)13-7-19/h6-7,12-13,15,17,20-21H,3,8-11,14H2,1-2,4-5H3,(H,30,34)/t17-/m0/s1. The Bertz CT molecular complexity index is 1410. The second-order valence-corrected chi connectivity index (χ2v) is 11.2. The maximum atomic E-state index is 5.65. The molecule has 6 rings (SSSR count). The molecule has 196 valence electrons. The highest BCUT2D eigenvalue weighted by Crippen LogP contribution is 2.47. The molecule has 9 heteroatoms. The first kappa shape index (κ1) is 24.9. The molecule has 38 heavy (non-hydrogen) atoms. The number of ether oxygens (including phenoxy) is 1. The lowest BCUT2D eigenvalue weighted by Crippen LogP contribution is -2.43. The lowest BCUT2D eigenvalue weighted by molar-refractivity contribution is 0.397. The Labute approximate surface area is 228 Å². The van der Waals surface area contributed by atoms with Gasteiger partial charge in [0.2, 0.25) is 5.88 Å². The Morgan fingerprint density at radius 3 is 2.58 bits per heavy atom. The number of nitrogens with zero attached hydrogens (tertiary/aromatic N) is 6. The molecular formula is C29H33N7OS. The van der Waals surface area contributed by atoms with Crippen LogP contribution in [0, 0.1) is 12.8 Å². The molecule has 1 aliphatic heterocycles. The van der Waals surface area contributed by atoms with Crippen LogP contribution >= 0.6 is 11.8 Å². The number of aliphatic imine (C=N–C) groups is 1. The summed E-state index contributed by atoms with van der Waals surface area (Å²) in [4.78, 5) is 27.5. The van der Waals surface area contributed by atoms with Crippen molar-refractivity contribution in [1.29, 1.82) is 0 Å². The number of benzene rings is 1. The molecule has 2 fully saturated rings. The molecule has 0 radical (unpaired) electrons. The molecule has 2 aromatic heterocycles. The zero-order chi connectivity index (χ0) is 26.4. The summed E-state index contributed by atoms with van der Waals surface area (Å²) in [7, 11) is 1.63. The lowest BCUT2D eigenvalue weighted by Gasteiger charge is -2.38. The molecular weight excluding hydrogens is 494 g/mol. The fraction of sp³-hybridized carbons (Fsp3) is 0.414. The number of nitrogens with one attached hydrogen (secondary N) is 1. The molecule has 0 amide bonds. The summed E-state index contributed by atoms with van der Waals surface area (Å²) in [5, 5.41) is 3.53. The topological polar surface area (TPSA) is 88.4 Å². The molecule has 2 saturated carbocycles. The SMILES string of the molecule is C=C1C(=NCc2ccc(SC)cc2)Nc2c(C)nc(-c3c(OC)ncnc3C3CC3)nc2N1[C@@H](C)C1CC1. The molecule has 8 nitrogen and oxygen atoms in total. The van der Waals surface area contributed by atoms with Gasteiger partial charge < -0.3 is 15.0 Å². The van der Waals surface area contributed by atoms with Crippen molar-refractivity contribution < 1.29 is 4.74 Å². The van der Waals surface area contributed by atoms with Crippen molar-refractivity contribution in [2.45, 2.75) is 62.9 Å². The van der Waals surface area contributed by atoms with Crippen molar-refractivity contribution in [2.24, 2.45) is 10.9 Å². The van der Waals surface area contributed by atoms with Gasteiger partial charge in [-0.15, -0.1) is 11.8 Å². The van der Waals surface area contributed by atoms with Crippen molar-refractivity contribution in [3.63, 3.8) is 0 Å². The van der Waals surface area contributed by atoms with E-state index in [1.54, 1.807) is 25.2 Å². The van der Waals surface area contributed by atoms with Crippen molar-refractivity contribution in [2.75, 3.05) is 23.6 Å². The zero-order valence-corrected chi connectivity index (χ0v) is 23.2. The third-order valence-electron chi connectivity index (χ3n) is 7.62. The summed E-state index contributed by atoms with van der Waals surface area (Å²) in [5.74, 6) is 3.71. The second kappa shape index (κ2) is 10.0. The van der Waals surface area contributed by atoms with Gasteiger partial charge in [-0.2, -0.15) is 0 Å². The minimum absolute atomic E-state index is 0.244. The predicted molar refractivity (Wildman–Crippen MR) is 153 cm³/mol. The van der Waals surface area contributed by atoms with Crippen LogP contribution in [-0.2, 0) is 6.54 Å². The van der Waals surface area contributed by atoms with E-state index in [9.17, 15) is 0 Å². The van der Waals surface area contributed by atoms with E-state index in [4.69, 9.17) is 19.7 Å². The minimum Gasteiger partial charge on any atom is -0.480 e. The summed E-state index contributed by atoms with van der Waals surface area (Å²) in [6, 6.07) is 8.78. The molecule has 2 aliphatic carbocycles. The maximum Gasteiger partial charge on any atom is 0.227 e. The molecule has 0 saturated heterocycles. The molecule has 0 unspecified atom stereocenters. The normalized spacial score (nSPS) is 18.8. The van der Waals surface area contributed by atoms with Gasteiger partial charge in [0.1, 0.15) is 23.4 Å². The number of hydrogen-bond donors (Lipinski definition) is 1. The number of rotatable bonds is 8. The molecule has 3 heterocycles. The van der Waals surface area contributed by atoms with Gasteiger partial charge in [-0.25, -0.2) is 19.9 Å². The van der Waals surface area contributed by atoms with Gasteiger partial charge in [0, 0.05) is 16.9 Å². The highest BCUT2D eigenvalue weighted by molar-refractivity contribution is 7.98. The number of methoxy groups -OCH3 is 1. The van der Waals surface area contributed by atoms with Crippen LogP contribution in [0.4, 0.5) is 11.5 Å². The Kier molecular flexibility index (Phi) is 6.55. The quantitative estimate of drug-likeness (QED) is 0.357. The first-order chi connectivity index (χ1) is 18.5. The van der Waals surface area contributed by atoms with Crippen LogP contribution < -0.4 is 15.0 Å². The lowest BCUT2D eigenvalue weighted by atomic mass is 10.1. The van der Waals surface area contributed by atoms with Crippen LogP contribution in [0.15, 0.2) is 52.8 Å². The van der Waals surface area contributed by atoms with E-state index >= 15 is 0 Å². The summed E-state index contributed by atoms with van der Waals surface area (Å²) < 4.78 is 5.65. The van der Waals surface area contributed by atoms with Crippen LogP contribution in [0.5, 0.6) is 5.88 Å². The third kappa shape index (κ3) is 4.64. The summed E-state index contributed by atoms with van der Waals surface area (Å²) in [6.45, 7) is 9.33. The second-order valence-electron chi connectivity index (χ2n) is 10.3. The first-order valence-electron chi connectivity index (χ1n) is 13.2. The summed E-state index contributed by atoms with van der Waals surface area (Å²) >= 11 is 1.74. The van der Waals surface area contributed by atoms with Gasteiger partial charge in [0.05, 0.1) is 30.7 Å². The van der Waals surface area contributed by atoms with Gasteiger partial charge in [0.25, 0.3) is 0 Å². The third-order valence-corrected chi connectivity index (χ3v) is 8.36. The van der Waals surface area contributed by atoms with E-state index in [1.807, 2.05) is 6.92 Å². The number of amidine groups is 1. The average Bonchev–Trinajstić information content (AvgIpc) is 3.85. The first-order valence-corrected chi connectivity index (χ1v) is 14.4. The van der Waals surface area contributed by atoms with Crippen molar-refractivity contribution in [3.05, 3.63) is 59.8 Å². The van der Waals surface area contributed by atoms with Gasteiger partial charge in [-0.1, -0.05) is 18.7 Å². The van der Waals surface area contributed by atoms with E-state index in [2.05, 4.69) is 64.2 Å². The summed E-state index contributed by atoms with van der Waals surface area (Å²) in [5.41, 5.74) is 5.46. The molecule has 3 aromatic rings. The number of hydrogen-bond acceptors (Lipinski definition) is 8. The van der Waals surface area contributed by atoms with Crippen LogP contribution in [0.25, 0.3) is 11.4 Å². The van der Waals surface area contributed by atoms with E-state index in [0.29, 0.717) is 30.1 Å². The van der Waals surface area contributed by atoms with Crippen molar-refractivity contribution in [3.8, 4) is 17.3 Å². The Morgan fingerprint density at radius 1 is 1.16 bits per heavy atom. The smallest absolute Gasteiger partial charge is 0.227 e. The number of aromatic nitrogens is 4. The Hall–Kier alpha value is -3.46. The Morgan fingerprint density at radius 2 is 1.92 bits per heavy atom. The van der Waals surface area contributed by atoms with Crippen molar-refractivity contribution in [1.82, 2.24) is 19.9 Å². The highest BCUT2D eigenvalue weighted by atomic mass is 32.2. The van der Waals surface area contributed by atoms with Gasteiger partial charge >= 0.3 is 0 Å². The fourth-order valence-corrected chi connectivity index (χ4v) is 5.50. The molecule has 3 aliphatic rings. The molecule has 1 atom stereocenters. The number of thioether (sulfide) groups is 1. The predicted octanol–water partition coefficient (Wildman–Crippen LogP) is 5.99.